The van der Waals surface area contributed by atoms with E-state index in [0.29, 0.717) is 0 Å². The summed E-state index contributed by atoms with van der Waals surface area (Å²) in [5.74, 6) is 0. The fourth-order valence-corrected chi connectivity index (χ4v) is 2.57. The molecule has 0 aromatic rings. The second kappa shape index (κ2) is 7.63. The summed E-state index contributed by atoms with van der Waals surface area (Å²) in [6.45, 7) is -1.35. The van der Waals surface area contributed by atoms with Crippen molar-refractivity contribution >= 4 is 0 Å². The molecule has 0 radical (unpaired) electrons. The average molecular weight is 342 g/mol. The Morgan fingerprint density at radius 1 is 0.652 bits per heavy atom. The maximum absolute atomic E-state index is 9.94. The van der Waals surface area contributed by atoms with Crippen molar-refractivity contribution in [3.63, 3.8) is 0 Å². The molecule has 0 spiro atoms. The Balaban J connectivity index is 2.11. The largest absolute Gasteiger partial charge is 0.394 e. The predicted octanol–water partition coefficient (Wildman–Crippen LogP) is -5.40. The minimum absolute atomic E-state index is 0.667. The van der Waals surface area contributed by atoms with Gasteiger partial charge in [0.05, 0.1) is 13.2 Å². The van der Waals surface area contributed by atoms with Crippen molar-refractivity contribution in [2.24, 2.45) is 0 Å². The Kier molecular flexibility index (Phi) is 6.27. The summed E-state index contributed by atoms with van der Waals surface area (Å²) in [4.78, 5) is 0. The van der Waals surface area contributed by atoms with Gasteiger partial charge in [-0.15, -0.1) is 0 Å². The Morgan fingerprint density at radius 2 is 1.26 bits per heavy atom. The Morgan fingerprint density at radius 3 is 1.83 bits per heavy atom. The van der Waals surface area contributed by atoms with Crippen molar-refractivity contribution in [3.05, 3.63) is 0 Å². The van der Waals surface area contributed by atoms with Crippen LogP contribution in [-0.2, 0) is 14.2 Å². The fourth-order valence-electron chi connectivity index (χ4n) is 2.57. The number of hydrogen-bond acceptors (Lipinski definition) is 11. The Labute approximate surface area is 130 Å². The minimum atomic E-state index is -1.74. The number of rotatable bonds is 4. The number of ether oxygens (including phenoxy) is 3. The van der Waals surface area contributed by atoms with E-state index >= 15 is 0 Å². The van der Waals surface area contributed by atoms with E-state index in [2.05, 4.69) is 0 Å². The summed E-state index contributed by atoms with van der Waals surface area (Å²) in [5, 5.41) is 76.5. The van der Waals surface area contributed by atoms with Gasteiger partial charge in [-0.2, -0.15) is 0 Å². The molecule has 2 rings (SSSR count). The smallest absolute Gasteiger partial charge is 0.187 e. The summed E-state index contributed by atoms with van der Waals surface area (Å²) in [6, 6.07) is 0. The van der Waals surface area contributed by atoms with E-state index in [9.17, 15) is 35.7 Å². The topological polar surface area (TPSA) is 190 Å². The number of hydrogen-bond donors (Lipinski definition) is 8. The minimum Gasteiger partial charge on any atom is -0.394 e. The zero-order valence-electron chi connectivity index (χ0n) is 12.0. The molecular weight excluding hydrogens is 320 g/mol. The van der Waals surface area contributed by atoms with Crippen LogP contribution in [0.2, 0.25) is 0 Å². The summed E-state index contributed by atoms with van der Waals surface area (Å²) in [5.41, 5.74) is 0. The lowest BCUT2D eigenvalue weighted by Gasteiger charge is -2.45. The van der Waals surface area contributed by atoms with Gasteiger partial charge in [-0.1, -0.05) is 0 Å². The first-order chi connectivity index (χ1) is 10.8. The van der Waals surface area contributed by atoms with Gasteiger partial charge in [0.1, 0.15) is 48.8 Å². The normalized spacial score (nSPS) is 51.7. The lowest BCUT2D eigenvalue weighted by molar-refractivity contribution is -0.355. The molecule has 10 atom stereocenters. The highest BCUT2D eigenvalue weighted by atomic mass is 16.7. The third-order valence-electron chi connectivity index (χ3n) is 3.98. The van der Waals surface area contributed by atoms with Gasteiger partial charge in [0.2, 0.25) is 0 Å². The van der Waals surface area contributed by atoms with E-state index in [-0.39, 0.29) is 0 Å². The highest BCUT2D eigenvalue weighted by Gasteiger charge is 2.50. The van der Waals surface area contributed by atoms with Crippen LogP contribution in [0.3, 0.4) is 0 Å². The summed E-state index contributed by atoms with van der Waals surface area (Å²) >= 11 is 0. The van der Waals surface area contributed by atoms with Crippen LogP contribution in [0.4, 0.5) is 0 Å². The van der Waals surface area contributed by atoms with Crippen LogP contribution in [-0.4, -0.2) is 115 Å². The first-order valence-electron chi connectivity index (χ1n) is 7.08. The van der Waals surface area contributed by atoms with Gasteiger partial charge >= 0.3 is 0 Å². The molecule has 0 saturated carbocycles. The molecule has 2 fully saturated rings. The predicted molar refractivity (Wildman–Crippen MR) is 68.6 cm³/mol. The van der Waals surface area contributed by atoms with Crippen molar-refractivity contribution in [2.45, 2.75) is 61.4 Å². The monoisotopic (exact) mass is 342 g/mol. The maximum Gasteiger partial charge on any atom is 0.187 e. The van der Waals surface area contributed by atoms with Gasteiger partial charge in [0.15, 0.2) is 12.6 Å². The van der Waals surface area contributed by atoms with E-state index in [4.69, 9.17) is 19.3 Å². The maximum atomic E-state index is 9.94. The molecule has 11 nitrogen and oxygen atoms in total. The molecular formula is C12H22O11. The molecule has 0 bridgehead atoms. The van der Waals surface area contributed by atoms with Crippen LogP contribution in [0, 0.1) is 0 Å². The molecule has 2 heterocycles. The average Bonchev–Trinajstić information content (AvgIpc) is 2.55. The van der Waals surface area contributed by atoms with Crippen molar-refractivity contribution in [1.29, 1.82) is 0 Å². The molecule has 23 heavy (non-hydrogen) atoms. The van der Waals surface area contributed by atoms with Crippen LogP contribution >= 0.6 is 0 Å². The second-order valence-corrected chi connectivity index (χ2v) is 5.53. The van der Waals surface area contributed by atoms with Gasteiger partial charge in [-0.3, -0.25) is 0 Å². The SMILES string of the molecule is OCC1O[C@H](O)[C@@H](O)[C@H](O)[C@@H]1O[C@H]1OC(CO)[C@H](O)[C@@H](O)[C@@H]1O. The molecule has 2 saturated heterocycles. The van der Waals surface area contributed by atoms with E-state index in [1.54, 1.807) is 0 Å². The third-order valence-corrected chi connectivity index (χ3v) is 3.98. The number of aliphatic hydroxyl groups is 8. The van der Waals surface area contributed by atoms with Crippen LogP contribution in [0.15, 0.2) is 0 Å². The quantitative estimate of drug-likeness (QED) is 0.243. The van der Waals surface area contributed by atoms with Crippen molar-refractivity contribution in [3.8, 4) is 0 Å². The van der Waals surface area contributed by atoms with Crippen LogP contribution in [0.1, 0.15) is 0 Å². The zero-order valence-corrected chi connectivity index (χ0v) is 12.0. The van der Waals surface area contributed by atoms with Gasteiger partial charge in [0.25, 0.3) is 0 Å². The van der Waals surface area contributed by atoms with Crippen LogP contribution in [0.25, 0.3) is 0 Å². The number of aliphatic hydroxyl groups excluding tert-OH is 8. The highest BCUT2D eigenvalue weighted by Crippen LogP contribution is 2.28. The molecule has 2 unspecified atom stereocenters. The standard InChI is InChI=1S/C12H22O11/c13-1-3-5(15)6(16)9(19)12(22-3)23-10-4(2-14)21-11(20)8(18)7(10)17/h3-20H,1-2H2/t3?,4?,5-,6+,7-,8-,9-,10+,11-,12+/m0/s1. The Hall–Kier alpha value is -0.440. The lowest BCUT2D eigenvalue weighted by Crippen LogP contribution is -2.64. The van der Waals surface area contributed by atoms with Crippen LogP contribution in [0.5, 0.6) is 0 Å². The van der Waals surface area contributed by atoms with Crippen molar-refractivity contribution in [1.82, 2.24) is 0 Å². The molecule has 8 N–H and O–H groups in total. The Bertz CT molecular complexity index is 378. The molecule has 2 aliphatic rings. The summed E-state index contributed by atoms with van der Waals surface area (Å²) < 4.78 is 15.3. The third kappa shape index (κ3) is 3.65. The molecule has 0 aliphatic carbocycles. The first kappa shape index (κ1) is 18.9. The lowest BCUT2D eigenvalue weighted by atomic mass is 9.97. The molecule has 2 aliphatic heterocycles. The van der Waals surface area contributed by atoms with Gasteiger partial charge in [-0.25, -0.2) is 0 Å². The van der Waals surface area contributed by atoms with Crippen molar-refractivity contribution < 1.29 is 55.1 Å². The first-order valence-corrected chi connectivity index (χ1v) is 7.08. The van der Waals surface area contributed by atoms with Gasteiger partial charge in [0, 0.05) is 0 Å². The molecule has 11 heteroatoms. The second-order valence-electron chi connectivity index (χ2n) is 5.53. The molecule has 0 amide bonds. The summed E-state index contributed by atoms with van der Waals surface area (Å²) in [6.07, 6.45) is -15.6. The van der Waals surface area contributed by atoms with E-state index in [1.807, 2.05) is 0 Å². The van der Waals surface area contributed by atoms with E-state index in [0.717, 1.165) is 0 Å². The summed E-state index contributed by atoms with van der Waals surface area (Å²) in [7, 11) is 0. The molecule has 0 aromatic heterocycles. The van der Waals surface area contributed by atoms with Crippen LogP contribution < -0.4 is 0 Å². The van der Waals surface area contributed by atoms with E-state index in [1.165, 1.54) is 0 Å². The fraction of sp³-hybridized carbons (Fsp3) is 1.00. The highest BCUT2D eigenvalue weighted by molar-refractivity contribution is 4.93. The van der Waals surface area contributed by atoms with Gasteiger partial charge in [-0.05, 0) is 0 Å². The molecule has 0 aromatic carbocycles. The van der Waals surface area contributed by atoms with E-state index < -0.39 is 74.6 Å². The zero-order chi connectivity index (χ0) is 17.3. The molecule has 136 valence electrons. The van der Waals surface area contributed by atoms with Gasteiger partial charge < -0.3 is 55.1 Å². The van der Waals surface area contributed by atoms with Crippen molar-refractivity contribution in [2.75, 3.05) is 13.2 Å².